The van der Waals surface area contributed by atoms with Crippen LogP contribution in [0.5, 0.6) is 0 Å². The van der Waals surface area contributed by atoms with Gasteiger partial charge in [-0.2, -0.15) is 0 Å². The van der Waals surface area contributed by atoms with E-state index in [1.165, 1.54) is 0 Å². The molecule has 2 fully saturated rings. The van der Waals surface area contributed by atoms with Gasteiger partial charge in [0.15, 0.2) is 0 Å². The Morgan fingerprint density at radius 3 is 2.33 bits per heavy atom. The van der Waals surface area contributed by atoms with Gasteiger partial charge in [0.05, 0.1) is 13.2 Å². The van der Waals surface area contributed by atoms with Gasteiger partial charge in [0.25, 0.3) is 0 Å². The SMILES string of the molecule is CN(CC1COC1)C1CCC(NC(=O)OC(C)(C)C)CC1. The number of ether oxygens (including phenoxy) is 2. The maximum atomic E-state index is 11.8. The summed E-state index contributed by atoms with van der Waals surface area (Å²) in [4.78, 5) is 14.2. The molecule has 1 saturated heterocycles. The normalized spacial score (nSPS) is 27.3. The summed E-state index contributed by atoms with van der Waals surface area (Å²) in [7, 11) is 2.21. The first-order chi connectivity index (χ1) is 9.83. The topological polar surface area (TPSA) is 50.8 Å². The Kier molecular flexibility index (Phi) is 5.49. The van der Waals surface area contributed by atoms with Crippen LogP contribution in [-0.4, -0.2) is 55.5 Å². The van der Waals surface area contributed by atoms with Crippen LogP contribution in [0.25, 0.3) is 0 Å². The number of rotatable bonds is 4. The smallest absolute Gasteiger partial charge is 0.407 e. The monoisotopic (exact) mass is 298 g/mol. The van der Waals surface area contributed by atoms with E-state index in [9.17, 15) is 4.79 Å². The molecule has 0 bridgehead atoms. The van der Waals surface area contributed by atoms with Gasteiger partial charge in [-0.25, -0.2) is 4.79 Å². The lowest BCUT2D eigenvalue weighted by atomic mass is 9.90. The summed E-state index contributed by atoms with van der Waals surface area (Å²) in [5, 5.41) is 3.00. The molecule has 1 N–H and O–H groups in total. The first-order valence-corrected chi connectivity index (χ1v) is 8.11. The van der Waals surface area contributed by atoms with Gasteiger partial charge in [0.1, 0.15) is 5.60 Å². The summed E-state index contributed by atoms with van der Waals surface area (Å²) in [6.07, 6.45) is 4.07. The molecule has 1 aliphatic carbocycles. The quantitative estimate of drug-likeness (QED) is 0.866. The van der Waals surface area contributed by atoms with Crippen molar-refractivity contribution < 1.29 is 14.3 Å². The molecule has 5 heteroatoms. The van der Waals surface area contributed by atoms with Gasteiger partial charge in [-0.15, -0.1) is 0 Å². The van der Waals surface area contributed by atoms with Gasteiger partial charge in [-0.3, -0.25) is 0 Å². The first-order valence-electron chi connectivity index (χ1n) is 8.11. The second-order valence-corrected chi connectivity index (χ2v) is 7.49. The summed E-state index contributed by atoms with van der Waals surface area (Å²) in [5.41, 5.74) is -0.424. The zero-order valence-corrected chi connectivity index (χ0v) is 13.9. The average molecular weight is 298 g/mol. The third kappa shape index (κ3) is 5.47. The Hall–Kier alpha value is -0.810. The lowest BCUT2D eigenvalue weighted by Crippen LogP contribution is -2.46. The van der Waals surface area contributed by atoms with Crippen LogP contribution in [-0.2, 0) is 9.47 Å². The fourth-order valence-corrected chi connectivity index (χ4v) is 3.08. The zero-order valence-electron chi connectivity index (χ0n) is 13.9. The first kappa shape index (κ1) is 16.6. The summed E-state index contributed by atoms with van der Waals surface area (Å²) in [6.45, 7) is 8.64. The minimum absolute atomic E-state index is 0.261. The van der Waals surface area contributed by atoms with Crippen molar-refractivity contribution in [2.75, 3.05) is 26.8 Å². The minimum atomic E-state index is -0.424. The van der Waals surface area contributed by atoms with Crippen molar-refractivity contribution in [2.45, 2.75) is 64.1 Å². The number of carbonyl (C=O) groups excluding carboxylic acids is 1. The summed E-state index contributed by atoms with van der Waals surface area (Å²) >= 11 is 0. The molecule has 2 rings (SSSR count). The number of hydrogen-bond donors (Lipinski definition) is 1. The fraction of sp³-hybridized carbons (Fsp3) is 0.938. The van der Waals surface area contributed by atoms with Crippen LogP contribution in [0.3, 0.4) is 0 Å². The van der Waals surface area contributed by atoms with Crippen LogP contribution in [0.1, 0.15) is 46.5 Å². The van der Waals surface area contributed by atoms with Gasteiger partial charge < -0.3 is 19.7 Å². The Morgan fingerprint density at radius 2 is 1.86 bits per heavy atom. The number of nitrogens with zero attached hydrogens (tertiary/aromatic N) is 1. The van der Waals surface area contributed by atoms with Gasteiger partial charge >= 0.3 is 6.09 Å². The van der Waals surface area contributed by atoms with Crippen molar-refractivity contribution in [1.82, 2.24) is 10.2 Å². The molecule has 2 aliphatic rings. The number of nitrogens with one attached hydrogen (secondary N) is 1. The Bertz CT molecular complexity index is 342. The van der Waals surface area contributed by atoms with Crippen molar-refractivity contribution >= 4 is 6.09 Å². The van der Waals surface area contributed by atoms with Crippen LogP contribution in [0.4, 0.5) is 4.79 Å². The number of alkyl carbamates (subject to hydrolysis) is 1. The average Bonchev–Trinajstić information content (AvgIpc) is 2.32. The second kappa shape index (κ2) is 6.97. The highest BCUT2D eigenvalue weighted by Crippen LogP contribution is 2.24. The van der Waals surface area contributed by atoms with E-state index in [1.807, 2.05) is 20.8 Å². The zero-order chi connectivity index (χ0) is 15.5. The van der Waals surface area contributed by atoms with Crippen molar-refractivity contribution in [1.29, 1.82) is 0 Å². The number of amides is 1. The number of carbonyl (C=O) groups is 1. The van der Waals surface area contributed by atoms with Crippen molar-refractivity contribution in [3.8, 4) is 0 Å². The van der Waals surface area contributed by atoms with Gasteiger partial charge in [-0.1, -0.05) is 0 Å². The summed E-state index contributed by atoms with van der Waals surface area (Å²) in [5.74, 6) is 0.715. The van der Waals surface area contributed by atoms with Crippen LogP contribution < -0.4 is 5.32 Å². The van der Waals surface area contributed by atoms with E-state index in [4.69, 9.17) is 9.47 Å². The summed E-state index contributed by atoms with van der Waals surface area (Å²) < 4.78 is 10.6. The molecule has 0 radical (unpaired) electrons. The van der Waals surface area contributed by atoms with Crippen LogP contribution in [0.2, 0.25) is 0 Å². The molecular formula is C16H30N2O3. The molecule has 1 aliphatic heterocycles. The largest absolute Gasteiger partial charge is 0.444 e. The minimum Gasteiger partial charge on any atom is -0.444 e. The van der Waals surface area contributed by atoms with Gasteiger partial charge in [-0.05, 0) is 53.5 Å². The van der Waals surface area contributed by atoms with E-state index in [-0.39, 0.29) is 12.1 Å². The van der Waals surface area contributed by atoms with E-state index < -0.39 is 5.60 Å². The predicted molar refractivity (Wildman–Crippen MR) is 82.4 cm³/mol. The van der Waals surface area contributed by atoms with Crippen molar-refractivity contribution in [3.05, 3.63) is 0 Å². The maximum absolute atomic E-state index is 11.8. The molecule has 21 heavy (non-hydrogen) atoms. The van der Waals surface area contributed by atoms with E-state index in [1.54, 1.807) is 0 Å². The molecule has 0 aromatic heterocycles. The standard InChI is InChI=1S/C16H30N2O3/c1-16(2,3)21-15(19)17-13-5-7-14(8-6-13)18(4)9-12-10-20-11-12/h12-14H,5-11H2,1-4H3,(H,17,19). The highest BCUT2D eigenvalue weighted by molar-refractivity contribution is 5.68. The second-order valence-electron chi connectivity index (χ2n) is 7.49. The van der Waals surface area contributed by atoms with Crippen LogP contribution >= 0.6 is 0 Å². The van der Waals surface area contributed by atoms with Gasteiger partial charge in [0, 0.05) is 24.5 Å². The van der Waals surface area contributed by atoms with Gasteiger partial charge in [0.2, 0.25) is 0 Å². The van der Waals surface area contributed by atoms with Crippen LogP contribution in [0, 0.1) is 5.92 Å². The third-order valence-corrected chi connectivity index (χ3v) is 4.29. The van der Waals surface area contributed by atoms with E-state index in [0.29, 0.717) is 12.0 Å². The van der Waals surface area contributed by atoms with E-state index >= 15 is 0 Å². The number of hydrogen-bond acceptors (Lipinski definition) is 4. The molecular weight excluding hydrogens is 268 g/mol. The van der Waals surface area contributed by atoms with Crippen LogP contribution in [0.15, 0.2) is 0 Å². The molecule has 1 heterocycles. The lowest BCUT2D eigenvalue weighted by molar-refractivity contribution is -0.0498. The Labute approximate surface area is 128 Å². The molecule has 5 nitrogen and oxygen atoms in total. The molecule has 1 saturated carbocycles. The Balaban J connectivity index is 1.66. The van der Waals surface area contributed by atoms with Crippen molar-refractivity contribution in [2.24, 2.45) is 5.92 Å². The highest BCUT2D eigenvalue weighted by atomic mass is 16.6. The summed E-state index contributed by atoms with van der Waals surface area (Å²) in [6, 6.07) is 0.902. The molecule has 0 aromatic carbocycles. The fourth-order valence-electron chi connectivity index (χ4n) is 3.08. The molecule has 122 valence electrons. The molecule has 0 atom stereocenters. The lowest BCUT2D eigenvalue weighted by Gasteiger charge is -2.38. The molecule has 0 aromatic rings. The highest BCUT2D eigenvalue weighted by Gasteiger charge is 2.28. The third-order valence-electron chi connectivity index (χ3n) is 4.29. The maximum Gasteiger partial charge on any atom is 0.407 e. The molecule has 0 spiro atoms. The van der Waals surface area contributed by atoms with E-state index in [2.05, 4.69) is 17.3 Å². The predicted octanol–water partition coefficient (Wildman–Crippen LogP) is 2.40. The Morgan fingerprint density at radius 1 is 1.24 bits per heavy atom. The van der Waals surface area contributed by atoms with Crippen molar-refractivity contribution in [3.63, 3.8) is 0 Å². The van der Waals surface area contributed by atoms with E-state index in [0.717, 1.165) is 45.4 Å². The molecule has 1 amide bonds. The molecule has 0 unspecified atom stereocenters.